The van der Waals surface area contributed by atoms with E-state index in [4.69, 9.17) is 5.11 Å². The van der Waals surface area contributed by atoms with Crippen LogP contribution in [0.4, 0.5) is 4.39 Å². The molecule has 6 heteroatoms. The lowest BCUT2D eigenvalue weighted by Crippen LogP contribution is -2.05. The van der Waals surface area contributed by atoms with Crippen LogP contribution in [-0.2, 0) is 28.7 Å². The largest absolute Gasteiger partial charge is 0.768 e. The van der Waals surface area contributed by atoms with Crippen LogP contribution in [0.2, 0.25) is 0 Å². The van der Waals surface area contributed by atoms with Gasteiger partial charge in [0.2, 0.25) is 0 Å². The van der Waals surface area contributed by atoms with Gasteiger partial charge in [-0.2, -0.15) is 0 Å². The molecular formula is C20H16FO4S-. The smallest absolute Gasteiger partial charge is 0.307 e. The van der Waals surface area contributed by atoms with Gasteiger partial charge in [-0.25, -0.2) is 4.39 Å². The van der Waals surface area contributed by atoms with Crippen LogP contribution in [-0.4, -0.2) is 19.8 Å². The molecule has 26 heavy (non-hydrogen) atoms. The first kappa shape index (κ1) is 18.2. The molecule has 134 valence electrons. The van der Waals surface area contributed by atoms with Crippen molar-refractivity contribution in [3.05, 3.63) is 76.6 Å². The number of carboxylic acid groups (broad SMARTS) is 1. The fraction of sp³-hybridized carbons (Fsp3) is 0.150. The second-order valence-electron chi connectivity index (χ2n) is 6.13. The standard InChI is InChI=1S/C20H17FO4S/c1-12-15(10-20(22)23)9-14-5-6-16(21)11-19(14)18(12)8-13-3-2-4-17(7-13)26(24)25/h2-7,9,11H,8,10H2,1H3,(H,22,23)(H,24,25)/p-1. The maximum absolute atomic E-state index is 13.8. The number of hydrogen-bond acceptors (Lipinski definition) is 3. The average Bonchev–Trinajstić information content (AvgIpc) is 2.59. The van der Waals surface area contributed by atoms with Crippen molar-refractivity contribution in [2.45, 2.75) is 24.7 Å². The van der Waals surface area contributed by atoms with Gasteiger partial charge in [0.1, 0.15) is 5.82 Å². The molecule has 0 saturated carbocycles. The van der Waals surface area contributed by atoms with Crippen LogP contribution in [0.25, 0.3) is 10.8 Å². The zero-order valence-electron chi connectivity index (χ0n) is 14.0. The van der Waals surface area contributed by atoms with Crippen molar-refractivity contribution >= 4 is 27.8 Å². The van der Waals surface area contributed by atoms with E-state index >= 15 is 0 Å². The Balaban J connectivity index is 2.17. The monoisotopic (exact) mass is 371 g/mol. The predicted octanol–water partition coefficient (Wildman–Crippen LogP) is 3.74. The highest BCUT2D eigenvalue weighted by molar-refractivity contribution is 7.79. The first-order valence-electron chi connectivity index (χ1n) is 7.96. The third-order valence-electron chi connectivity index (χ3n) is 4.42. The van der Waals surface area contributed by atoms with E-state index in [9.17, 15) is 17.9 Å². The molecule has 0 aliphatic heterocycles. The van der Waals surface area contributed by atoms with Gasteiger partial charge in [-0.15, -0.1) is 0 Å². The molecule has 3 rings (SSSR count). The summed E-state index contributed by atoms with van der Waals surface area (Å²) in [6, 6.07) is 12.7. The number of benzene rings is 3. The fourth-order valence-electron chi connectivity index (χ4n) is 3.15. The number of fused-ring (bicyclic) bond motifs is 1. The zero-order valence-corrected chi connectivity index (χ0v) is 14.8. The Bertz CT molecular complexity index is 1030. The van der Waals surface area contributed by atoms with E-state index in [0.717, 1.165) is 22.1 Å². The molecule has 3 aromatic carbocycles. The van der Waals surface area contributed by atoms with E-state index in [1.807, 2.05) is 6.92 Å². The minimum atomic E-state index is -2.33. The van der Waals surface area contributed by atoms with Gasteiger partial charge in [0, 0.05) is 4.90 Å². The Labute approximate surface area is 152 Å². The lowest BCUT2D eigenvalue weighted by molar-refractivity contribution is -0.136. The summed E-state index contributed by atoms with van der Waals surface area (Å²) < 4.78 is 36.2. The quantitative estimate of drug-likeness (QED) is 0.693. The highest BCUT2D eigenvalue weighted by atomic mass is 32.2. The Morgan fingerprint density at radius 1 is 1.19 bits per heavy atom. The number of carboxylic acids is 1. The Hall–Kier alpha value is -2.57. The van der Waals surface area contributed by atoms with Crippen molar-refractivity contribution in [1.82, 2.24) is 0 Å². The fourth-order valence-corrected chi connectivity index (χ4v) is 3.58. The van der Waals surface area contributed by atoms with E-state index in [1.165, 1.54) is 18.2 Å². The first-order valence-corrected chi connectivity index (χ1v) is 9.03. The van der Waals surface area contributed by atoms with Crippen LogP contribution < -0.4 is 0 Å². The van der Waals surface area contributed by atoms with Crippen LogP contribution in [0.1, 0.15) is 22.3 Å². The Morgan fingerprint density at radius 3 is 2.65 bits per heavy atom. The third-order valence-corrected chi connectivity index (χ3v) is 5.06. The number of hydrogen-bond donors (Lipinski definition) is 1. The molecule has 1 atom stereocenters. The molecule has 1 unspecified atom stereocenters. The van der Waals surface area contributed by atoms with Crippen molar-refractivity contribution in [2.75, 3.05) is 0 Å². The summed E-state index contributed by atoms with van der Waals surface area (Å²) in [5.41, 5.74) is 2.99. The van der Waals surface area contributed by atoms with E-state index < -0.39 is 17.0 Å². The molecule has 3 aromatic rings. The topological polar surface area (TPSA) is 77.4 Å². The maximum atomic E-state index is 13.8. The van der Waals surface area contributed by atoms with Crippen LogP contribution in [0.3, 0.4) is 0 Å². The van der Waals surface area contributed by atoms with Crippen LogP contribution in [0.15, 0.2) is 53.4 Å². The molecule has 0 heterocycles. The minimum absolute atomic E-state index is 0.128. The van der Waals surface area contributed by atoms with E-state index in [1.54, 1.807) is 30.3 Å². The normalized spacial score (nSPS) is 12.3. The molecule has 0 aromatic heterocycles. The van der Waals surface area contributed by atoms with Crippen molar-refractivity contribution in [2.24, 2.45) is 0 Å². The molecule has 0 radical (unpaired) electrons. The van der Waals surface area contributed by atoms with E-state index in [-0.39, 0.29) is 17.1 Å². The second kappa shape index (κ2) is 7.35. The lowest BCUT2D eigenvalue weighted by atomic mass is 9.90. The van der Waals surface area contributed by atoms with Crippen LogP contribution >= 0.6 is 0 Å². The number of halogens is 1. The molecule has 1 N–H and O–H groups in total. The van der Waals surface area contributed by atoms with Crippen molar-refractivity contribution in [3.63, 3.8) is 0 Å². The molecule has 0 aliphatic carbocycles. The summed E-state index contributed by atoms with van der Waals surface area (Å²) in [7, 11) is 0. The summed E-state index contributed by atoms with van der Waals surface area (Å²) >= 11 is -2.33. The van der Waals surface area contributed by atoms with Crippen LogP contribution in [0, 0.1) is 12.7 Å². The summed E-state index contributed by atoms with van der Waals surface area (Å²) in [4.78, 5) is 11.3. The number of carbonyl (C=O) groups is 1. The summed E-state index contributed by atoms with van der Waals surface area (Å²) in [5.74, 6) is -1.32. The average molecular weight is 371 g/mol. The Kier molecular flexibility index (Phi) is 5.15. The zero-order chi connectivity index (χ0) is 18.8. The SMILES string of the molecule is Cc1c(CC(=O)O)cc2ccc(F)cc2c1Cc1cccc(S(=O)[O-])c1. The summed E-state index contributed by atoms with van der Waals surface area (Å²) in [6.07, 6.45) is 0.251. The highest BCUT2D eigenvalue weighted by Crippen LogP contribution is 2.29. The van der Waals surface area contributed by atoms with Gasteiger partial charge in [-0.1, -0.05) is 24.3 Å². The molecule has 0 saturated heterocycles. The molecule has 0 aliphatic rings. The van der Waals surface area contributed by atoms with Crippen molar-refractivity contribution in [1.29, 1.82) is 0 Å². The van der Waals surface area contributed by atoms with Gasteiger partial charge >= 0.3 is 5.97 Å². The Morgan fingerprint density at radius 2 is 1.96 bits per heavy atom. The molecule has 0 fully saturated rings. The van der Waals surface area contributed by atoms with Crippen molar-refractivity contribution in [3.8, 4) is 0 Å². The van der Waals surface area contributed by atoms with Gasteiger partial charge in [0.25, 0.3) is 0 Å². The number of rotatable bonds is 5. The molecule has 0 bridgehead atoms. The van der Waals surface area contributed by atoms with E-state index in [2.05, 4.69) is 0 Å². The molecule has 0 spiro atoms. The van der Waals surface area contributed by atoms with Gasteiger partial charge in [-0.05, 0) is 81.7 Å². The number of aliphatic carboxylic acids is 1. The lowest BCUT2D eigenvalue weighted by Gasteiger charge is -2.16. The molecular weight excluding hydrogens is 355 g/mol. The van der Waals surface area contributed by atoms with Gasteiger partial charge in [-0.3, -0.25) is 9.00 Å². The second-order valence-corrected chi connectivity index (χ2v) is 7.07. The van der Waals surface area contributed by atoms with Gasteiger partial charge in [0.15, 0.2) is 0 Å². The van der Waals surface area contributed by atoms with E-state index in [0.29, 0.717) is 17.4 Å². The summed E-state index contributed by atoms with van der Waals surface area (Å²) in [6.45, 7) is 1.81. The molecule has 4 nitrogen and oxygen atoms in total. The van der Waals surface area contributed by atoms with Gasteiger partial charge < -0.3 is 9.66 Å². The first-order chi connectivity index (χ1) is 12.3. The third kappa shape index (κ3) is 3.81. The highest BCUT2D eigenvalue weighted by Gasteiger charge is 2.14. The van der Waals surface area contributed by atoms with Crippen LogP contribution in [0.5, 0.6) is 0 Å². The molecule has 0 amide bonds. The predicted molar refractivity (Wildman–Crippen MR) is 96.4 cm³/mol. The van der Waals surface area contributed by atoms with Crippen molar-refractivity contribution < 1.29 is 23.1 Å². The summed E-state index contributed by atoms with van der Waals surface area (Å²) in [5, 5.41) is 10.6. The maximum Gasteiger partial charge on any atom is 0.307 e. The minimum Gasteiger partial charge on any atom is -0.768 e. The van der Waals surface area contributed by atoms with Gasteiger partial charge in [0.05, 0.1) is 6.42 Å².